The highest BCUT2D eigenvalue weighted by molar-refractivity contribution is 6.31. The Morgan fingerprint density at radius 3 is 2.56 bits per heavy atom. The van der Waals surface area contributed by atoms with E-state index in [9.17, 15) is 9.59 Å². The van der Waals surface area contributed by atoms with Gasteiger partial charge in [0.1, 0.15) is 5.69 Å². The molecule has 2 aromatic rings. The van der Waals surface area contributed by atoms with Crippen molar-refractivity contribution in [3.63, 3.8) is 0 Å². The Balaban J connectivity index is 1.23. The first-order chi connectivity index (χ1) is 15.4. The van der Waals surface area contributed by atoms with E-state index in [4.69, 9.17) is 11.6 Å². The molecule has 6 nitrogen and oxygen atoms in total. The molecule has 7 heteroatoms. The van der Waals surface area contributed by atoms with Crippen LogP contribution in [0.5, 0.6) is 0 Å². The third-order valence-electron chi connectivity index (χ3n) is 7.39. The molecule has 2 atom stereocenters. The van der Waals surface area contributed by atoms with Gasteiger partial charge in [0.2, 0.25) is 5.91 Å². The summed E-state index contributed by atoms with van der Waals surface area (Å²) in [7, 11) is 0. The summed E-state index contributed by atoms with van der Waals surface area (Å²) in [5, 5.41) is 4.76. The van der Waals surface area contributed by atoms with Crippen LogP contribution in [0.2, 0.25) is 5.02 Å². The van der Waals surface area contributed by atoms with Crippen molar-refractivity contribution in [3.05, 3.63) is 35.0 Å². The minimum Gasteiger partial charge on any atom is -0.356 e. The Kier molecular flexibility index (Phi) is 7.41. The molecule has 4 rings (SSSR count). The molecule has 0 spiro atoms. The lowest BCUT2D eigenvalue weighted by molar-refractivity contribution is -0.126. The molecule has 32 heavy (non-hydrogen) atoms. The lowest BCUT2D eigenvalue weighted by atomic mass is 9.84. The topological polar surface area (TPSA) is 68.4 Å². The van der Waals surface area contributed by atoms with E-state index in [2.05, 4.69) is 22.1 Å². The van der Waals surface area contributed by atoms with E-state index in [0.717, 1.165) is 36.7 Å². The molecular formula is C25H35ClN4O2. The molecule has 2 fully saturated rings. The standard InChI is InChI=1S/C25H35ClN4O2/c1-17(29-11-3-4-12-29)7-10-27-24(31)18(2)19-8-13-30(14-9-19)25(32)23-16-20-15-21(26)5-6-22(20)28-23/h5-6,15-19,28H,3-4,7-14H2,1-2H3,(H,27,31). The summed E-state index contributed by atoms with van der Waals surface area (Å²) in [5.74, 6) is 0.459. The molecule has 1 aromatic heterocycles. The van der Waals surface area contributed by atoms with E-state index in [-0.39, 0.29) is 17.7 Å². The van der Waals surface area contributed by atoms with Gasteiger partial charge in [-0.3, -0.25) is 9.59 Å². The number of halogens is 1. The van der Waals surface area contributed by atoms with Gasteiger partial charge in [-0.1, -0.05) is 18.5 Å². The number of carbonyl (C=O) groups is 2. The quantitative estimate of drug-likeness (QED) is 0.649. The fraction of sp³-hybridized carbons (Fsp3) is 0.600. The van der Waals surface area contributed by atoms with Gasteiger partial charge in [0, 0.05) is 47.5 Å². The van der Waals surface area contributed by atoms with Crippen LogP contribution in [0.3, 0.4) is 0 Å². The van der Waals surface area contributed by atoms with Crippen molar-refractivity contribution >= 4 is 34.3 Å². The number of hydrogen-bond acceptors (Lipinski definition) is 3. The van der Waals surface area contributed by atoms with Gasteiger partial charge in [-0.2, -0.15) is 0 Å². The zero-order valence-electron chi connectivity index (χ0n) is 19.2. The predicted molar refractivity (Wildman–Crippen MR) is 129 cm³/mol. The van der Waals surface area contributed by atoms with Gasteiger partial charge in [0.15, 0.2) is 0 Å². The molecule has 2 N–H and O–H groups in total. The van der Waals surface area contributed by atoms with Gasteiger partial charge < -0.3 is 20.1 Å². The van der Waals surface area contributed by atoms with Crippen LogP contribution in [-0.2, 0) is 4.79 Å². The van der Waals surface area contributed by atoms with E-state index in [1.165, 1.54) is 25.9 Å². The van der Waals surface area contributed by atoms with Crippen molar-refractivity contribution in [2.45, 2.75) is 52.0 Å². The van der Waals surface area contributed by atoms with Crippen LogP contribution in [0.1, 0.15) is 56.4 Å². The van der Waals surface area contributed by atoms with Crippen molar-refractivity contribution in [2.24, 2.45) is 11.8 Å². The molecular weight excluding hydrogens is 424 g/mol. The summed E-state index contributed by atoms with van der Waals surface area (Å²) in [4.78, 5) is 33.3. The number of aromatic amines is 1. The maximum Gasteiger partial charge on any atom is 0.270 e. The SMILES string of the molecule is CC(C(=O)NCCC(C)N1CCCC1)C1CCN(C(=O)c2cc3cc(Cl)ccc3[nH]2)CC1. The zero-order chi connectivity index (χ0) is 22.7. The highest BCUT2D eigenvalue weighted by Gasteiger charge is 2.30. The number of fused-ring (bicyclic) bond motifs is 1. The number of benzene rings is 1. The fourth-order valence-corrected chi connectivity index (χ4v) is 5.32. The van der Waals surface area contributed by atoms with Crippen molar-refractivity contribution in [1.82, 2.24) is 20.1 Å². The number of carbonyl (C=O) groups excluding carboxylic acids is 2. The van der Waals surface area contributed by atoms with Gasteiger partial charge in [0.25, 0.3) is 5.91 Å². The first-order valence-electron chi connectivity index (χ1n) is 12.0. The van der Waals surface area contributed by atoms with E-state index in [0.29, 0.717) is 35.8 Å². The lowest BCUT2D eigenvalue weighted by Gasteiger charge is -2.34. The second kappa shape index (κ2) is 10.3. The third kappa shape index (κ3) is 5.29. The maximum atomic E-state index is 13.0. The number of aromatic nitrogens is 1. The Bertz CT molecular complexity index is 945. The Labute approximate surface area is 195 Å². The Hall–Kier alpha value is -2.05. The first-order valence-corrected chi connectivity index (χ1v) is 12.4. The summed E-state index contributed by atoms with van der Waals surface area (Å²) in [6.07, 6.45) is 5.31. The van der Waals surface area contributed by atoms with Gasteiger partial charge in [-0.05, 0) is 82.3 Å². The van der Waals surface area contributed by atoms with Crippen LogP contribution in [0.4, 0.5) is 0 Å². The second-order valence-electron chi connectivity index (χ2n) is 9.50. The molecule has 2 unspecified atom stereocenters. The predicted octanol–water partition coefficient (Wildman–Crippen LogP) is 4.30. The van der Waals surface area contributed by atoms with Crippen molar-refractivity contribution < 1.29 is 9.59 Å². The number of amides is 2. The minimum atomic E-state index is -0.0236. The average molecular weight is 459 g/mol. The number of likely N-dealkylation sites (tertiary alicyclic amines) is 2. The number of hydrogen-bond donors (Lipinski definition) is 2. The van der Waals surface area contributed by atoms with Crippen LogP contribution in [0.15, 0.2) is 24.3 Å². The van der Waals surface area contributed by atoms with Crippen molar-refractivity contribution in [1.29, 1.82) is 0 Å². The fourth-order valence-electron chi connectivity index (χ4n) is 5.14. The van der Waals surface area contributed by atoms with Crippen LogP contribution >= 0.6 is 11.6 Å². The molecule has 0 bridgehead atoms. The highest BCUT2D eigenvalue weighted by Crippen LogP contribution is 2.27. The van der Waals surface area contributed by atoms with Crippen LogP contribution in [0.25, 0.3) is 10.9 Å². The number of nitrogens with one attached hydrogen (secondary N) is 2. The van der Waals surface area contributed by atoms with Gasteiger partial charge in [0.05, 0.1) is 0 Å². The number of nitrogens with zero attached hydrogens (tertiary/aromatic N) is 2. The second-order valence-corrected chi connectivity index (χ2v) is 9.94. The monoisotopic (exact) mass is 458 g/mol. The summed E-state index contributed by atoms with van der Waals surface area (Å²) < 4.78 is 0. The Morgan fingerprint density at radius 2 is 1.84 bits per heavy atom. The molecule has 0 radical (unpaired) electrons. The summed E-state index contributed by atoms with van der Waals surface area (Å²) in [6, 6.07) is 7.98. The highest BCUT2D eigenvalue weighted by atomic mass is 35.5. The van der Waals surface area contributed by atoms with Crippen LogP contribution in [0, 0.1) is 11.8 Å². The van der Waals surface area contributed by atoms with Crippen molar-refractivity contribution in [2.75, 3.05) is 32.7 Å². The summed E-state index contributed by atoms with van der Waals surface area (Å²) in [6.45, 7) is 8.78. The molecule has 0 aliphatic carbocycles. The smallest absolute Gasteiger partial charge is 0.270 e. The average Bonchev–Trinajstić information content (AvgIpc) is 3.48. The van der Waals surface area contributed by atoms with Gasteiger partial charge in [-0.15, -0.1) is 0 Å². The lowest BCUT2D eigenvalue weighted by Crippen LogP contribution is -2.43. The molecule has 0 saturated carbocycles. The molecule has 2 amide bonds. The van der Waals surface area contributed by atoms with E-state index in [1.54, 1.807) is 0 Å². The van der Waals surface area contributed by atoms with E-state index in [1.807, 2.05) is 36.1 Å². The molecule has 174 valence electrons. The molecule has 2 saturated heterocycles. The molecule has 2 aliphatic rings. The normalized spacial score (nSPS) is 19.9. The zero-order valence-corrected chi connectivity index (χ0v) is 20.0. The largest absolute Gasteiger partial charge is 0.356 e. The van der Waals surface area contributed by atoms with E-state index >= 15 is 0 Å². The van der Waals surface area contributed by atoms with Gasteiger partial charge in [-0.25, -0.2) is 0 Å². The molecule has 2 aliphatic heterocycles. The first kappa shape index (κ1) is 23.1. The van der Waals surface area contributed by atoms with E-state index < -0.39 is 0 Å². The van der Waals surface area contributed by atoms with Gasteiger partial charge >= 0.3 is 0 Å². The number of piperidine rings is 1. The van der Waals surface area contributed by atoms with Crippen molar-refractivity contribution in [3.8, 4) is 0 Å². The molecule has 1 aromatic carbocycles. The number of rotatable bonds is 7. The van der Waals surface area contributed by atoms with Crippen LogP contribution in [-0.4, -0.2) is 65.4 Å². The minimum absolute atomic E-state index is 0.0174. The summed E-state index contributed by atoms with van der Waals surface area (Å²) >= 11 is 6.06. The molecule has 3 heterocycles. The van der Waals surface area contributed by atoms with Crippen LogP contribution < -0.4 is 5.32 Å². The third-order valence-corrected chi connectivity index (χ3v) is 7.62. The Morgan fingerprint density at radius 1 is 1.12 bits per heavy atom. The summed E-state index contributed by atoms with van der Waals surface area (Å²) in [5.41, 5.74) is 1.51. The number of H-pyrrole nitrogens is 1. The maximum absolute atomic E-state index is 13.0.